The van der Waals surface area contributed by atoms with Crippen molar-refractivity contribution >= 4 is 33.3 Å². The highest BCUT2D eigenvalue weighted by Gasteiger charge is 2.23. The molecule has 1 saturated heterocycles. The molecule has 0 saturated carbocycles. The van der Waals surface area contributed by atoms with Crippen LogP contribution in [0.2, 0.25) is 5.02 Å². The minimum Gasteiger partial charge on any atom is -0.369 e. The van der Waals surface area contributed by atoms with Crippen LogP contribution in [0.15, 0.2) is 58.4 Å². The molecule has 3 N–H and O–H groups in total. The van der Waals surface area contributed by atoms with Gasteiger partial charge in [0.2, 0.25) is 10.0 Å². The Kier molecular flexibility index (Phi) is 7.58. The molecular weight excluding hydrogens is 422 g/mol. The summed E-state index contributed by atoms with van der Waals surface area (Å²) in [7, 11) is -2.02. The molecule has 9 heteroatoms. The van der Waals surface area contributed by atoms with E-state index >= 15 is 0 Å². The summed E-state index contributed by atoms with van der Waals surface area (Å²) < 4.78 is 26.0. The Labute approximate surface area is 183 Å². The van der Waals surface area contributed by atoms with Crippen molar-refractivity contribution in [2.45, 2.75) is 30.8 Å². The minimum atomic E-state index is -3.42. The summed E-state index contributed by atoms with van der Waals surface area (Å²) in [6.07, 6.45) is 1.01. The van der Waals surface area contributed by atoms with Crippen LogP contribution in [-0.2, 0) is 16.6 Å². The molecule has 0 amide bonds. The van der Waals surface area contributed by atoms with E-state index in [0.29, 0.717) is 6.54 Å². The first-order chi connectivity index (χ1) is 14.4. The molecule has 1 aliphatic heterocycles. The molecule has 30 heavy (non-hydrogen) atoms. The average molecular weight is 450 g/mol. The number of anilines is 1. The van der Waals surface area contributed by atoms with Gasteiger partial charge in [-0.05, 0) is 56.3 Å². The number of nitrogens with zero attached hydrogens (tertiary/aromatic N) is 2. The fourth-order valence-electron chi connectivity index (χ4n) is 3.36. The highest BCUT2D eigenvalue weighted by molar-refractivity contribution is 7.89. The van der Waals surface area contributed by atoms with Gasteiger partial charge in [0.1, 0.15) is 0 Å². The maximum Gasteiger partial charge on any atom is 0.240 e. The molecule has 0 aliphatic carbocycles. The lowest BCUT2D eigenvalue weighted by Crippen LogP contribution is -2.44. The van der Waals surface area contributed by atoms with E-state index in [4.69, 9.17) is 11.6 Å². The Morgan fingerprint density at radius 2 is 2.00 bits per heavy atom. The first-order valence-corrected chi connectivity index (χ1v) is 11.8. The molecule has 162 valence electrons. The number of hydrogen-bond acceptors (Lipinski definition) is 4. The van der Waals surface area contributed by atoms with Crippen LogP contribution < -0.4 is 20.3 Å². The van der Waals surface area contributed by atoms with Gasteiger partial charge in [0.25, 0.3) is 0 Å². The molecule has 1 fully saturated rings. The van der Waals surface area contributed by atoms with Crippen LogP contribution in [0.5, 0.6) is 0 Å². The molecule has 2 aromatic carbocycles. The van der Waals surface area contributed by atoms with Crippen LogP contribution in [0.4, 0.5) is 5.69 Å². The zero-order valence-corrected chi connectivity index (χ0v) is 18.8. The quantitative estimate of drug-likeness (QED) is 0.447. The first-order valence-electron chi connectivity index (χ1n) is 9.99. The van der Waals surface area contributed by atoms with Gasteiger partial charge in [-0.25, -0.2) is 18.1 Å². The van der Waals surface area contributed by atoms with E-state index in [1.165, 1.54) is 7.05 Å². The Hall–Kier alpha value is -2.29. The fraction of sp³-hybridized carbons (Fsp3) is 0.381. The second-order valence-electron chi connectivity index (χ2n) is 7.10. The predicted octanol–water partition coefficient (Wildman–Crippen LogP) is 2.58. The molecule has 1 atom stereocenters. The lowest BCUT2D eigenvalue weighted by molar-refractivity contribution is 0.588. The van der Waals surface area contributed by atoms with Gasteiger partial charge in [-0.3, -0.25) is 0 Å². The predicted molar refractivity (Wildman–Crippen MR) is 123 cm³/mol. The highest BCUT2D eigenvalue weighted by atomic mass is 35.5. The second-order valence-corrected chi connectivity index (χ2v) is 9.43. The van der Waals surface area contributed by atoms with Gasteiger partial charge >= 0.3 is 0 Å². The van der Waals surface area contributed by atoms with E-state index in [2.05, 4.69) is 31.3 Å². The van der Waals surface area contributed by atoms with Gasteiger partial charge < -0.3 is 15.5 Å². The van der Waals surface area contributed by atoms with E-state index in [-0.39, 0.29) is 10.9 Å². The third-order valence-corrected chi connectivity index (χ3v) is 6.63. The van der Waals surface area contributed by atoms with E-state index in [0.717, 1.165) is 48.3 Å². The second kappa shape index (κ2) is 10.1. The molecule has 1 heterocycles. The third-order valence-electron chi connectivity index (χ3n) is 4.97. The number of sulfonamides is 1. The maximum atomic E-state index is 11.8. The van der Waals surface area contributed by atoms with Crippen molar-refractivity contribution in [2.24, 2.45) is 4.99 Å². The number of halogens is 1. The van der Waals surface area contributed by atoms with Gasteiger partial charge in [0.05, 0.1) is 11.4 Å². The molecule has 0 bridgehead atoms. The minimum absolute atomic E-state index is 0.245. The topological polar surface area (TPSA) is 85.8 Å². The Bertz CT molecular complexity index is 979. The van der Waals surface area contributed by atoms with E-state index in [1.54, 1.807) is 24.3 Å². The van der Waals surface area contributed by atoms with Gasteiger partial charge in [0.15, 0.2) is 5.96 Å². The van der Waals surface area contributed by atoms with Crippen molar-refractivity contribution in [3.05, 3.63) is 59.1 Å². The number of hydrogen-bond donors (Lipinski definition) is 3. The normalized spacial score (nSPS) is 17.2. The largest absolute Gasteiger partial charge is 0.369 e. The van der Waals surface area contributed by atoms with Gasteiger partial charge in [-0.15, -0.1) is 0 Å². The molecule has 0 radical (unpaired) electrons. The number of benzene rings is 2. The average Bonchev–Trinajstić information content (AvgIpc) is 3.21. The smallest absolute Gasteiger partial charge is 0.240 e. The van der Waals surface area contributed by atoms with Crippen LogP contribution in [0.3, 0.4) is 0 Å². The van der Waals surface area contributed by atoms with Gasteiger partial charge in [-0.1, -0.05) is 29.8 Å². The van der Waals surface area contributed by atoms with Crippen LogP contribution in [-0.4, -0.2) is 47.1 Å². The monoisotopic (exact) mass is 449 g/mol. The summed E-state index contributed by atoms with van der Waals surface area (Å²) in [5.74, 6) is 0.752. The lowest BCUT2D eigenvalue weighted by atomic mass is 10.2. The number of rotatable bonds is 7. The molecule has 0 aromatic heterocycles. The standard InChI is InChI=1S/C21H28ClN5O2S/c1-3-24-21(25-14-16-7-9-20(10-8-16)30(28,29)23-2)26-18-11-12-27(15-18)19-6-4-5-17(22)13-19/h4-10,13,18,23H,3,11-12,14-15H2,1-2H3,(H2,24,25,26). The Balaban J connectivity index is 1.61. The molecule has 3 rings (SSSR count). The third kappa shape index (κ3) is 5.87. The first kappa shape index (κ1) is 22.4. The maximum absolute atomic E-state index is 11.8. The van der Waals surface area contributed by atoms with E-state index < -0.39 is 10.0 Å². The summed E-state index contributed by atoms with van der Waals surface area (Å²) in [4.78, 5) is 7.22. The molecule has 2 aromatic rings. The summed E-state index contributed by atoms with van der Waals surface area (Å²) in [5.41, 5.74) is 2.07. The van der Waals surface area contributed by atoms with E-state index in [9.17, 15) is 8.42 Å². The summed E-state index contributed by atoms with van der Waals surface area (Å²) in [6.45, 7) is 5.08. The lowest BCUT2D eigenvalue weighted by Gasteiger charge is -2.20. The van der Waals surface area contributed by atoms with Crippen LogP contribution >= 0.6 is 11.6 Å². The van der Waals surface area contributed by atoms with Crippen LogP contribution in [0, 0.1) is 0 Å². The molecule has 0 spiro atoms. The zero-order valence-electron chi connectivity index (χ0n) is 17.2. The van der Waals surface area contributed by atoms with Crippen molar-refractivity contribution in [3.63, 3.8) is 0 Å². The molecule has 1 unspecified atom stereocenters. The van der Waals surface area contributed by atoms with Crippen molar-refractivity contribution in [3.8, 4) is 0 Å². The zero-order chi connectivity index (χ0) is 21.6. The Morgan fingerprint density at radius 3 is 2.67 bits per heavy atom. The summed E-state index contributed by atoms with van der Waals surface area (Å²) >= 11 is 6.12. The van der Waals surface area contributed by atoms with Crippen molar-refractivity contribution in [2.75, 3.05) is 31.6 Å². The molecule has 1 aliphatic rings. The van der Waals surface area contributed by atoms with Crippen LogP contribution in [0.25, 0.3) is 0 Å². The number of aliphatic imine (C=N–C) groups is 1. The Morgan fingerprint density at radius 1 is 1.23 bits per heavy atom. The van der Waals surface area contributed by atoms with Crippen molar-refractivity contribution in [1.82, 2.24) is 15.4 Å². The number of guanidine groups is 1. The molecule has 7 nitrogen and oxygen atoms in total. The van der Waals surface area contributed by atoms with Crippen molar-refractivity contribution < 1.29 is 8.42 Å². The SMILES string of the molecule is CCNC(=NCc1ccc(S(=O)(=O)NC)cc1)NC1CCN(c2cccc(Cl)c2)C1. The van der Waals surface area contributed by atoms with Crippen molar-refractivity contribution in [1.29, 1.82) is 0 Å². The van der Waals surface area contributed by atoms with Gasteiger partial charge in [-0.2, -0.15) is 0 Å². The van der Waals surface area contributed by atoms with Gasteiger partial charge in [0, 0.05) is 36.4 Å². The fourth-order valence-corrected chi connectivity index (χ4v) is 4.28. The summed E-state index contributed by atoms with van der Waals surface area (Å²) in [6, 6.07) is 15.0. The van der Waals surface area contributed by atoms with E-state index in [1.807, 2.05) is 25.1 Å². The number of nitrogens with one attached hydrogen (secondary N) is 3. The van der Waals surface area contributed by atoms with Crippen LogP contribution in [0.1, 0.15) is 18.9 Å². The highest BCUT2D eigenvalue weighted by Crippen LogP contribution is 2.23. The summed E-state index contributed by atoms with van der Waals surface area (Å²) in [5, 5.41) is 7.53. The molecular formula is C21H28ClN5O2S.